The first-order chi connectivity index (χ1) is 18.7. The van der Waals surface area contributed by atoms with Gasteiger partial charge in [-0.1, -0.05) is 18.2 Å². The van der Waals surface area contributed by atoms with E-state index in [9.17, 15) is 35.9 Å². The van der Waals surface area contributed by atoms with Crippen molar-refractivity contribution in [2.24, 2.45) is 0 Å². The topological polar surface area (TPSA) is 127 Å². The zero-order valence-electron chi connectivity index (χ0n) is 21.0. The Labute approximate surface area is 227 Å². The number of aryl methyl sites for hydroxylation is 1. The number of carboxylic acids is 2. The number of rotatable bonds is 6. The molecule has 1 fully saturated rings. The number of nitrogens with one attached hydrogen (secondary N) is 1. The van der Waals surface area contributed by atoms with Crippen molar-refractivity contribution in [3.05, 3.63) is 83.7 Å². The van der Waals surface area contributed by atoms with Crippen molar-refractivity contribution in [2.45, 2.75) is 18.0 Å². The van der Waals surface area contributed by atoms with Crippen molar-refractivity contribution < 1.29 is 45.8 Å². The van der Waals surface area contributed by atoms with Crippen molar-refractivity contribution >= 4 is 39.0 Å². The van der Waals surface area contributed by atoms with E-state index in [1.807, 2.05) is 4.90 Å². The fourth-order valence-corrected chi connectivity index (χ4v) is 5.25. The minimum absolute atomic E-state index is 0.00817. The largest absolute Gasteiger partial charge is 0.490 e. The number of carbonyl (C=O) groups is 2. The summed E-state index contributed by atoms with van der Waals surface area (Å²) in [6.07, 6.45) is -5.08. The second kappa shape index (κ2) is 12.2. The quantitative estimate of drug-likeness (QED) is 0.360. The summed E-state index contributed by atoms with van der Waals surface area (Å²) < 4.78 is 73.7. The second-order valence-electron chi connectivity index (χ2n) is 8.66. The van der Waals surface area contributed by atoms with Gasteiger partial charge in [0.2, 0.25) is 0 Å². The van der Waals surface area contributed by atoms with Gasteiger partial charge in [-0.2, -0.15) is 13.2 Å². The number of aliphatic carboxylic acids is 1. The Morgan fingerprint density at radius 3 is 1.95 bits per heavy atom. The zero-order valence-corrected chi connectivity index (χ0v) is 21.8. The third kappa shape index (κ3) is 7.62. The lowest BCUT2D eigenvalue weighted by Gasteiger charge is -2.38. The summed E-state index contributed by atoms with van der Waals surface area (Å²) >= 11 is 0. The molecular formula is C26H25F4N3O6S. The van der Waals surface area contributed by atoms with Crippen molar-refractivity contribution in [1.82, 2.24) is 0 Å². The van der Waals surface area contributed by atoms with Crippen molar-refractivity contribution in [2.75, 3.05) is 40.7 Å². The number of nitrogens with zero attached hydrogens (tertiary/aromatic N) is 2. The molecule has 14 heteroatoms. The van der Waals surface area contributed by atoms with Gasteiger partial charge in [-0.3, -0.25) is 4.72 Å². The Hall–Kier alpha value is -4.33. The number of sulfonamides is 1. The van der Waals surface area contributed by atoms with E-state index in [4.69, 9.17) is 9.90 Å². The van der Waals surface area contributed by atoms with Crippen LogP contribution in [0.15, 0.2) is 71.6 Å². The molecule has 3 aromatic carbocycles. The first-order valence-electron chi connectivity index (χ1n) is 11.7. The van der Waals surface area contributed by atoms with Crippen LogP contribution in [0.2, 0.25) is 0 Å². The first-order valence-corrected chi connectivity index (χ1v) is 13.2. The summed E-state index contributed by atoms with van der Waals surface area (Å²) in [5, 5.41) is 16.6. The van der Waals surface area contributed by atoms with Gasteiger partial charge in [-0.15, -0.1) is 0 Å². The normalized spacial score (nSPS) is 13.7. The van der Waals surface area contributed by atoms with E-state index < -0.39 is 28.1 Å². The molecule has 9 nitrogen and oxygen atoms in total. The summed E-state index contributed by atoms with van der Waals surface area (Å²) in [5.41, 5.74) is 2.32. The van der Waals surface area contributed by atoms with Crippen LogP contribution in [0.25, 0.3) is 0 Å². The average molecular weight is 584 g/mol. The number of benzene rings is 3. The van der Waals surface area contributed by atoms with Gasteiger partial charge in [0, 0.05) is 31.9 Å². The molecule has 0 aliphatic carbocycles. The standard InChI is InChI=1S/C24H24FN3O4S.C2HF3O2/c1-17-4-2-3-5-23(17)33(31,32)26-21-16-18(24(29)30)6-11-22(21)28-14-12-27(13-15-28)20-9-7-19(25)8-10-20;3-2(4,5)1(6)7/h2-11,16,26H,12-15H2,1H3,(H,29,30);(H,6,7). The van der Waals surface area contributed by atoms with Crippen LogP contribution in [0.1, 0.15) is 15.9 Å². The number of hydrogen-bond acceptors (Lipinski definition) is 6. The van der Waals surface area contributed by atoms with Gasteiger partial charge in [0.25, 0.3) is 10.0 Å². The SMILES string of the molecule is Cc1ccccc1S(=O)(=O)Nc1cc(C(=O)O)ccc1N1CCN(c2ccc(F)cc2)CC1.O=C(O)C(F)(F)F. The Balaban J connectivity index is 0.000000559. The Morgan fingerprint density at radius 1 is 0.875 bits per heavy atom. The van der Waals surface area contributed by atoms with Gasteiger partial charge in [-0.25, -0.2) is 22.4 Å². The molecule has 0 spiro atoms. The fraction of sp³-hybridized carbons (Fsp3) is 0.231. The average Bonchev–Trinajstić information content (AvgIpc) is 2.89. The predicted octanol–water partition coefficient (Wildman–Crippen LogP) is 4.59. The van der Waals surface area contributed by atoms with Crippen molar-refractivity contribution in [3.63, 3.8) is 0 Å². The van der Waals surface area contributed by atoms with Crippen molar-refractivity contribution in [3.8, 4) is 0 Å². The number of piperazine rings is 1. The summed E-state index contributed by atoms with van der Waals surface area (Å²) in [6, 6.07) is 17.4. The molecule has 214 valence electrons. The molecule has 1 heterocycles. The van der Waals surface area contributed by atoms with Crippen LogP contribution in [0.4, 0.5) is 34.6 Å². The number of aromatic carboxylic acids is 1. The number of hydrogen-bond donors (Lipinski definition) is 3. The number of carboxylic acid groups (broad SMARTS) is 2. The molecule has 0 radical (unpaired) electrons. The van der Waals surface area contributed by atoms with E-state index in [-0.39, 0.29) is 22.0 Å². The lowest BCUT2D eigenvalue weighted by Crippen LogP contribution is -2.46. The molecule has 3 aromatic rings. The van der Waals surface area contributed by atoms with Gasteiger partial charge in [-0.05, 0) is 61.0 Å². The molecule has 1 aliphatic heterocycles. The van der Waals surface area contributed by atoms with Crippen molar-refractivity contribution in [1.29, 1.82) is 0 Å². The molecule has 40 heavy (non-hydrogen) atoms. The lowest BCUT2D eigenvalue weighted by molar-refractivity contribution is -0.192. The van der Waals surface area contributed by atoms with E-state index >= 15 is 0 Å². The third-order valence-corrected chi connectivity index (χ3v) is 7.45. The Bertz CT molecular complexity index is 1470. The first kappa shape index (κ1) is 30.2. The Morgan fingerprint density at radius 2 is 1.43 bits per heavy atom. The molecule has 1 saturated heterocycles. The molecular weight excluding hydrogens is 558 g/mol. The molecule has 0 saturated carbocycles. The summed E-state index contributed by atoms with van der Waals surface area (Å²) in [4.78, 5) is 24.7. The van der Waals surface area contributed by atoms with Gasteiger partial charge in [0.15, 0.2) is 0 Å². The minimum Gasteiger partial charge on any atom is -0.478 e. The second-order valence-corrected chi connectivity index (χ2v) is 10.3. The molecule has 3 N–H and O–H groups in total. The van der Waals surface area contributed by atoms with Gasteiger partial charge >= 0.3 is 18.1 Å². The van der Waals surface area contributed by atoms with Gasteiger partial charge in [0.1, 0.15) is 5.82 Å². The molecule has 1 aliphatic rings. The molecule has 0 atom stereocenters. The fourth-order valence-electron chi connectivity index (χ4n) is 3.94. The third-order valence-electron chi connectivity index (χ3n) is 5.93. The van der Waals surface area contributed by atoms with Crippen LogP contribution in [0.3, 0.4) is 0 Å². The highest BCUT2D eigenvalue weighted by Gasteiger charge is 2.38. The molecule has 0 unspecified atom stereocenters. The van der Waals surface area contributed by atoms with Crippen LogP contribution in [0, 0.1) is 12.7 Å². The lowest BCUT2D eigenvalue weighted by atomic mass is 10.1. The van der Waals surface area contributed by atoms with Crippen LogP contribution in [-0.4, -0.2) is 62.9 Å². The molecule has 0 bridgehead atoms. The number of halogens is 4. The monoisotopic (exact) mass is 583 g/mol. The van der Waals surface area contributed by atoms with E-state index in [0.29, 0.717) is 37.4 Å². The maximum Gasteiger partial charge on any atom is 0.490 e. The van der Waals surface area contributed by atoms with E-state index in [1.54, 1.807) is 43.3 Å². The van der Waals surface area contributed by atoms with Crippen LogP contribution in [0.5, 0.6) is 0 Å². The maximum absolute atomic E-state index is 13.2. The summed E-state index contributed by atoms with van der Waals surface area (Å²) in [5.74, 6) is -4.19. The smallest absolute Gasteiger partial charge is 0.478 e. The minimum atomic E-state index is -5.08. The number of anilines is 3. The van der Waals surface area contributed by atoms with Crippen LogP contribution < -0.4 is 14.5 Å². The predicted molar refractivity (Wildman–Crippen MR) is 140 cm³/mol. The van der Waals surface area contributed by atoms with Crippen LogP contribution >= 0.6 is 0 Å². The van der Waals surface area contributed by atoms with E-state index in [2.05, 4.69) is 9.62 Å². The highest BCUT2D eigenvalue weighted by atomic mass is 32.2. The zero-order chi connectivity index (χ0) is 29.7. The van der Waals surface area contributed by atoms with Crippen LogP contribution in [-0.2, 0) is 14.8 Å². The molecule has 4 rings (SSSR count). The van der Waals surface area contributed by atoms with E-state index in [1.165, 1.54) is 30.3 Å². The highest BCUT2D eigenvalue weighted by Crippen LogP contribution is 2.31. The molecule has 0 amide bonds. The summed E-state index contributed by atoms with van der Waals surface area (Å²) in [6.45, 7) is 4.18. The molecule has 0 aromatic heterocycles. The Kier molecular flexibility index (Phi) is 9.24. The highest BCUT2D eigenvalue weighted by molar-refractivity contribution is 7.92. The maximum atomic E-state index is 13.2. The number of alkyl halides is 3. The van der Waals surface area contributed by atoms with Gasteiger partial charge < -0.3 is 20.0 Å². The van der Waals surface area contributed by atoms with E-state index in [0.717, 1.165) is 5.69 Å². The summed E-state index contributed by atoms with van der Waals surface area (Å²) in [7, 11) is -3.92. The van der Waals surface area contributed by atoms with Gasteiger partial charge in [0.05, 0.1) is 21.8 Å².